The Bertz CT molecular complexity index is 2280. The van der Waals surface area contributed by atoms with E-state index >= 15 is 0 Å². The molecule has 1 fully saturated rings. The minimum atomic E-state index is -0.511. The Balaban J connectivity index is 1.01. The first kappa shape index (κ1) is 36.0. The Morgan fingerprint density at radius 2 is 1.70 bits per heavy atom. The molecule has 276 valence electrons. The minimum Gasteiger partial charge on any atom is -0.488 e. The van der Waals surface area contributed by atoms with E-state index in [1.165, 1.54) is 12.4 Å². The van der Waals surface area contributed by atoms with Crippen molar-refractivity contribution in [1.82, 2.24) is 29.6 Å². The zero-order valence-electron chi connectivity index (χ0n) is 30.7. The summed E-state index contributed by atoms with van der Waals surface area (Å²) < 4.78 is 8.05. The molecule has 1 saturated heterocycles. The van der Waals surface area contributed by atoms with Gasteiger partial charge in [0.1, 0.15) is 35.5 Å². The third-order valence-corrected chi connectivity index (χ3v) is 9.16. The molecule has 54 heavy (non-hydrogen) atoms. The lowest BCUT2D eigenvalue weighted by Crippen LogP contribution is -2.42. The number of urea groups is 1. The van der Waals surface area contributed by atoms with E-state index < -0.39 is 12.1 Å². The number of nitrogens with one attached hydrogen (secondary N) is 3. The number of hydrogen-bond donors (Lipinski definition) is 4. The van der Waals surface area contributed by atoms with Crippen molar-refractivity contribution in [2.24, 2.45) is 0 Å². The molecule has 13 nitrogen and oxygen atoms in total. The van der Waals surface area contributed by atoms with E-state index in [0.717, 1.165) is 39.7 Å². The highest BCUT2D eigenvalue weighted by atomic mass is 16.5. The van der Waals surface area contributed by atoms with Crippen molar-refractivity contribution in [3.63, 3.8) is 0 Å². The molecule has 4 N–H and O–H groups in total. The van der Waals surface area contributed by atoms with Crippen molar-refractivity contribution in [2.75, 3.05) is 29.0 Å². The number of rotatable bonds is 9. The highest BCUT2D eigenvalue weighted by Gasteiger charge is 2.25. The Hall–Kier alpha value is -6.34. The van der Waals surface area contributed by atoms with Crippen LogP contribution in [0.15, 0.2) is 97.5 Å². The highest BCUT2D eigenvalue weighted by Crippen LogP contribution is 2.33. The summed E-state index contributed by atoms with van der Waals surface area (Å²) in [7, 11) is 0. The van der Waals surface area contributed by atoms with Crippen LogP contribution in [-0.2, 0) is 12.0 Å². The normalized spacial score (nSPS) is 14.5. The molecule has 6 aromatic rings. The number of pyridine rings is 1. The van der Waals surface area contributed by atoms with Gasteiger partial charge in [-0.25, -0.2) is 24.4 Å². The zero-order valence-corrected chi connectivity index (χ0v) is 30.7. The lowest BCUT2D eigenvalue weighted by atomic mass is 9.92. The van der Waals surface area contributed by atoms with Crippen molar-refractivity contribution in [1.29, 1.82) is 0 Å². The predicted molar refractivity (Wildman–Crippen MR) is 209 cm³/mol. The molecule has 3 aromatic heterocycles. The van der Waals surface area contributed by atoms with Crippen LogP contribution < -0.4 is 20.7 Å². The summed E-state index contributed by atoms with van der Waals surface area (Å²) in [6.45, 7) is 9.44. The average molecular weight is 726 g/mol. The van der Waals surface area contributed by atoms with Gasteiger partial charge in [0.25, 0.3) is 5.91 Å². The number of aliphatic hydroxyl groups excluding tert-OH is 1. The van der Waals surface area contributed by atoms with Crippen LogP contribution in [0.25, 0.3) is 16.5 Å². The van der Waals surface area contributed by atoms with Crippen LogP contribution >= 0.6 is 0 Å². The minimum absolute atomic E-state index is 0.216. The fourth-order valence-corrected chi connectivity index (χ4v) is 6.22. The van der Waals surface area contributed by atoms with E-state index in [4.69, 9.17) is 9.84 Å². The zero-order chi connectivity index (χ0) is 37.8. The quantitative estimate of drug-likeness (QED) is 0.119. The summed E-state index contributed by atoms with van der Waals surface area (Å²) >= 11 is 0. The molecule has 7 rings (SSSR count). The van der Waals surface area contributed by atoms with Gasteiger partial charge in [0.15, 0.2) is 0 Å². The van der Waals surface area contributed by atoms with Crippen molar-refractivity contribution in [3.8, 4) is 11.4 Å². The molecule has 13 heteroatoms. The van der Waals surface area contributed by atoms with E-state index in [2.05, 4.69) is 51.7 Å². The molecule has 1 aliphatic rings. The third-order valence-electron chi connectivity index (χ3n) is 9.16. The van der Waals surface area contributed by atoms with Gasteiger partial charge in [-0.1, -0.05) is 62.7 Å². The lowest BCUT2D eigenvalue weighted by molar-refractivity contribution is 0.0468. The number of carbonyl (C=O) groups is 2. The van der Waals surface area contributed by atoms with Crippen LogP contribution in [0.2, 0.25) is 0 Å². The molecule has 0 radical (unpaired) electrons. The number of anilines is 4. The highest BCUT2D eigenvalue weighted by molar-refractivity contribution is 6.07. The molecule has 3 amide bonds. The topological polar surface area (TPSA) is 159 Å². The third kappa shape index (κ3) is 8.31. The predicted octanol–water partition coefficient (Wildman–Crippen LogP) is 7.38. The van der Waals surface area contributed by atoms with Crippen LogP contribution in [0.4, 0.5) is 27.9 Å². The number of β-amino-alcohol motifs (C(OH)–C–C–N with tert-alkyl or cyclic N) is 1. The number of hydrogen-bond acceptors (Lipinski definition) is 9. The number of likely N-dealkylation sites (tertiary alicyclic amines) is 1. The second-order valence-corrected chi connectivity index (χ2v) is 14.4. The molecule has 0 saturated carbocycles. The molecule has 1 unspecified atom stereocenters. The number of ether oxygens (including phenoxy) is 1. The van der Waals surface area contributed by atoms with Crippen LogP contribution in [0, 0.1) is 6.92 Å². The SMILES string of the molecule is Cc1ccc(-n2nc(C(C)(C)C)cc2NC(=O)Nc2ccc(OCc3ccnc(Nc4cnc(C(=O)N5CCCC(O)C5)cn4)c3)c3ccccc23)cc1. The van der Waals surface area contributed by atoms with Crippen molar-refractivity contribution in [2.45, 2.75) is 58.7 Å². The molecular formula is C41H43N9O4. The Morgan fingerprint density at radius 3 is 2.44 bits per heavy atom. The first-order chi connectivity index (χ1) is 26.0. The molecule has 1 atom stereocenters. The van der Waals surface area contributed by atoms with E-state index in [1.54, 1.807) is 15.8 Å². The van der Waals surface area contributed by atoms with Gasteiger partial charge in [-0.3, -0.25) is 10.1 Å². The molecule has 1 aliphatic heterocycles. The monoisotopic (exact) mass is 725 g/mol. The van der Waals surface area contributed by atoms with Gasteiger partial charge in [0.05, 0.1) is 35.6 Å². The fraction of sp³-hybridized carbons (Fsp3) is 0.268. The largest absolute Gasteiger partial charge is 0.488 e. The van der Waals surface area contributed by atoms with Gasteiger partial charge in [0.2, 0.25) is 0 Å². The molecule has 3 aromatic carbocycles. The second-order valence-electron chi connectivity index (χ2n) is 14.4. The first-order valence-electron chi connectivity index (χ1n) is 17.9. The smallest absolute Gasteiger partial charge is 0.324 e. The van der Waals surface area contributed by atoms with Gasteiger partial charge in [-0.15, -0.1) is 0 Å². The molecule has 0 aliphatic carbocycles. The Labute approximate surface area is 313 Å². The number of aromatic nitrogens is 5. The molecule has 0 spiro atoms. The fourth-order valence-electron chi connectivity index (χ4n) is 6.22. The number of carbonyl (C=O) groups excluding carboxylic acids is 2. The Morgan fingerprint density at radius 1 is 0.907 bits per heavy atom. The van der Waals surface area contributed by atoms with Crippen molar-refractivity contribution in [3.05, 3.63) is 120 Å². The van der Waals surface area contributed by atoms with Crippen molar-refractivity contribution < 1.29 is 19.4 Å². The summed E-state index contributed by atoms with van der Waals surface area (Å²) in [5.41, 5.74) is 4.34. The number of piperidine rings is 1. The van der Waals surface area contributed by atoms with E-state index in [9.17, 15) is 14.7 Å². The molecule has 4 heterocycles. The van der Waals surface area contributed by atoms with Gasteiger partial charge < -0.3 is 25.4 Å². The summed E-state index contributed by atoms with van der Waals surface area (Å²) in [6.07, 6.45) is 5.53. The first-order valence-corrected chi connectivity index (χ1v) is 17.9. The number of amides is 3. The van der Waals surface area contributed by atoms with Crippen molar-refractivity contribution >= 4 is 45.9 Å². The van der Waals surface area contributed by atoms with Crippen LogP contribution in [-0.4, -0.2) is 65.9 Å². The van der Waals surface area contributed by atoms with Gasteiger partial charge in [0, 0.05) is 41.5 Å². The summed E-state index contributed by atoms with van der Waals surface area (Å²) in [5.74, 6) is 1.94. The average Bonchev–Trinajstić information content (AvgIpc) is 3.59. The van der Waals surface area contributed by atoms with Crippen LogP contribution in [0.1, 0.15) is 60.9 Å². The number of fused-ring (bicyclic) bond motifs is 1. The lowest BCUT2D eigenvalue weighted by Gasteiger charge is -2.29. The number of aliphatic hydroxyl groups is 1. The van der Waals surface area contributed by atoms with Gasteiger partial charge >= 0.3 is 6.03 Å². The number of benzene rings is 3. The maximum atomic E-state index is 13.5. The van der Waals surface area contributed by atoms with Crippen LogP contribution in [0.3, 0.4) is 0 Å². The van der Waals surface area contributed by atoms with E-state index in [-0.39, 0.29) is 23.6 Å². The van der Waals surface area contributed by atoms with Gasteiger partial charge in [-0.2, -0.15) is 5.10 Å². The molecule has 0 bridgehead atoms. The Kier molecular flexibility index (Phi) is 10.2. The van der Waals surface area contributed by atoms with E-state index in [1.807, 2.05) is 85.8 Å². The number of nitrogens with zero attached hydrogens (tertiary/aromatic N) is 6. The summed E-state index contributed by atoms with van der Waals surface area (Å²) in [4.78, 5) is 40.9. The van der Waals surface area contributed by atoms with Crippen LogP contribution in [0.5, 0.6) is 5.75 Å². The standard InChI is InChI=1S/C41H43N9O4/c1-26-11-13-28(14-12-26)50-38(21-35(48-50)41(2,3)4)47-40(53)45-32-15-16-34(31-10-6-5-9-30(31)32)54-25-27-17-18-42-36(20-27)46-37-23-43-33(22-44-37)39(52)49-19-7-8-29(51)24-49/h5-6,9-18,20-23,29,51H,7-8,19,24-25H2,1-4H3,(H,42,44,46)(H2,45,47,53). The summed E-state index contributed by atoms with van der Waals surface area (Å²) in [5, 5.41) is 25.6. The van der Waals surface area contributed by atoms with Gasteiger partial charge in [-0.05, 0) is 61.7 Å². The van der Waals surface area contributed by atoms with E-state index in [0.29, 0.717) is 48.4 Å². The maximum Gasteiger partial charge on any atom is 0.324 e. The summed E-state index contributed by atoms with van der Waals surface area (Å²) in [6, 6.07) is 24.6. The number of aryl methyl sites for hydroxylation is 1. The second kappa shape index (κ2) is 15.3. The maximum absolute atomic E-state index is 13.5. The molecular weight excluding hydrogens is 683 g/mol.